The summed E-state index contributed by atoms with van der Waals surface area (Å²) in [5.41, 5.74) is 1.60. The lowest BCUT2D eigenvalue weighted by Crippen LogP contribution is -2.27. The van der Waals surface area contributed by atoms with Gasteiger partial charge in [0.1, 0.15) is 5.03 Å². The topological polar surface area (TPSA) is 60.5 Å². The molecule has 0 saturated heterocycles. The number of methoxy groups -OCH3 is 1. The predicted molar refractivity (Wildman–Crippen MR) is 117 cm³/mol. The highest BCUT2D eigenvalue weighted by atomic mass is 32.2. The van der Waals surface area contributed by atoms with Gasteiger partial charge in [-0.25, -0.2) is 4.98 Å². The van der Waals surface area contributed by atoms with Crippen molar-refractivity contribution in [2.45, 2.75) is 68.9 Å². The van der Waals surface area contributed by atoms with Crippen LogP contribution in [-0.2, 0) is 0 Å². The van der Waals surface area contributed by atoms with Crippen molar-refractivity contribution in [2.24, 2.45) is 0 Å². The Morgan fingerprint density at radius 1 is 1.17 bits per heavy atom. The molecule has 1 amide bonds. The van der Waals surface area contributed by atoms with Crippen LogP contribution in [0.5, 0.6) is 11.5 Å². The van der Waals surface area contributed by atoms with Gasteiger partial charge in [-0.05, 0) is 63.4 Å². The number of thioether (sulfide) groups is 1. The molecule has 2 aromatic rings. The van der Waals surface area contributed by atoms with Gasteiger partial charge < -0.3 is 14.8 Å². The summed E-state index contributed by atoms with van der Waals surface area (Å²) in [5.74, 6) is 1.26. The van der Waals surface area contributed by atoms with Crippen molar-refractivity contribution in [2.75, 3.05) is 7.11 Å². The molecule has 0 spiro atoms. The Hall–Kier alpha value is -2.21. The Morgan fingerprint density at radius 2 is 1.93 bits per heavy atom. The van der Waals surface area contributed by atoms with Gasteiger partial charge in [0.15, 0.2) is 11.5 Å². The lowest BCUT2D eigenvalue weighted by molar-refractivity contribution is 0.0936. The van der Waals surface area contributed by atoms with Gasteiger partial charge in [0.2, 0.25) is 0 Å². The monoisotopic (exact) mass is 414 g/mol. The maximum atomic E-state index is 13.0. The van der Waals surface area contributed by atoms with Crippen molar-refractivity contribution >= 4 is 17.7 Å². The van der Waals surface area contributed by atoms with Crippen molar-refractivity contribution in [3.05, 3.63) is 47.7 Å². The minimum Gasteiger partial charge on any atom is -0.493 e. The van der Waals surface area contributed by atoms with E-state index in [4.69, 9.17) is 9.47 Å². The summed E-state index contributed by atoms with van der Waals surface area (Å²) >= 11 is 1.73. The first-order chi connectivity index (χ1) is 14.0. The van der Waals surface area contributed by atoms with E-state index in [0.717, 1.165) is 10.6 Å². The number of ether oxygens (including phenoxy) is 2. The van der Waals surface area contributed by atoms with E-state index in [0.29, 0.717) is 22.3 Å². The van der Waals surface area contributed by atoms with Crippen LogP contribution < -0.4 is 14.8 Å². The normalized spacial score (nSPS) is 15.3. The van der Waals surface area contributed by atoms with E-state index in [-0.39, 0.29) is 18.1 Å². The number of pyridine rings is 1. The third-order valence-corrected chi connectivity index (χ3v) is 6.35. The van der Waals surface area contributed by atoms with Gasteiger partial charge in [-0.1, -0.05) is 18.9 Å². The molecule has 1 fully saturated rings. The van der Waals surface area contributed by atoms with Gasteiger partial charge in [0.25, 0.3) is 5.91 Å². The molecule has 1 unspecified atom stereocenters. The van der Waals surface area contributed by atoms with Crippen LogP contribution in [0.3, 0.4) is 0 Å². The van der Waals surface area contributed by atoms with Crippen molar-refractivity contribution in [3.8, 4) is 11.5 Å². The molecule has 0 radical (unpaired) electrons. The number of aromatic nitrogens is 1. The summed E-state index contributed by atoms with van der Waals surface area (Å²) in [4.78, 5) is 17.4. The maximum absolute atomic E-state index is 13.0. The molecule has 0 aliphatic heterocycles. The average molecular weight is 415 g/mol. The maximum Gasteiger partial charge on any atom is 0.254 e. The van der Waals surface area contributed by atoms with Gasteiger partial charge in [-0.3, -0.25) is 4.79 Å². The molecule has 1 heterocycles. The minimum absolute atomic E-state index is 0.0632. The smallest absolute Gasteiger partial charge is 0.254 e. The van der Waals surface area contributed by atoms with Crippen LogP contribution in [0.1, 0.15) is 68.4 Å². The number of benzene rings is 1. The molecule has 6 heteroatoms. The van der Waals surface area contributed by atoms with Crippen LogP contribution in [0.2, 0.25) is 0 Å². The number of hydrogen-bond acceptors (Lipinski definition) is 5. The lowest BCUT2D eigenvalue weighted by Gasteiger charge is -2.19. The van der Waals surface area contributed by atoms with E-state index in [2.05, 4.69) is 10.3 Å². The second kappa shape index (κ2) is 10.0. The fourth-order valence-corrected chi connectivity index (χ4v) is 4.78. The number of carbonyl (C=O) groups excluding carboxylic acids is 1. The Bertz CT molecular complexity index is 835. The first kappa shape index (κ1) is 21.5. The van der Waals surface area contributed by atoms with E-state index in [1.807, 2.05) is 51.1 Å². The van der Waals surface area contributed by atoms with E-state index in [9.17, 15) is 4.79 Å². The second-order valence-electron chi connectivity index (χ2n) is 7.65. The zero-order valence-corrected chi connectivity index (χ0v) is 18.4. The lowest BCUT2D eigenvalue weighted by atomic mass is 10.1. The third kappa shape index (κ3) is 5.66. The molecule has 156 valence electrons. The summed E-state index contributed by atoms with van der Waals surface area (Å²) < 4.78 is 11.2. The number of nitrogens with one attached hydrogen (secondary N) is 1. The first-order valence-electron chi connectivity index (χ1n) is 10.2. The number of carbonyl (C=O) groups is 1. The summed E-state index contributed by atoms with van der Waals surface area (Å²) in [6, 6.07) is 9.27. The van der Waals surface area contributed by atoms with E-state index in [1.165, 1.54) is 25.7 Å². The van der Waals surface area contributed by atoms with Crippen molar-refractivity contribution in [1.82, 2.24) is 10.3 Å². The van der Waals surface area contributed by atoms with Crippen LogP contribution in [-0.4, -0.2) is 29.4 Å². The van der Waals surface area contributed by atoms with Crippen molar-refractivity contribution in [1.29, 1.82) is 0 Å². The summed E-state index contributed by atoms with van der Waals surface area (Å²) in [6.07, 6.45) is 6.75. The van der Waals surface area contributed by atoms with Crippen LogP contribution in [0.25, 0.3) is 0 Å². The Balaban J connectivity index is 1.72. The van der Waals surface area contributed by atoms with Crippen molar-refractivity contribution < 1.29 is 14.3 Å². The molecule has 29 heavy (non-hydrogen) atoms. The summed E-state index contributed by atoms with van der Waals surface area (Å²) in [5, 5.41) is 4.48. The SMILES string of the molecule is COc1cc(C(C)NC(=O)c2cccnc2SC2CCCC2)ccc1OC(C)C. The molecular formula is C23H30N2O3S. The number of hydrogen-bond donors (Lipinski definition) is 1. The second-order valence-corrected chi connectivity index (χ2v) is 8.94. The highest BCUT2D eigenvalue weighted by Crippen LogP contribution is 2.35. The molecule has 1 aliphatic rings. The van der Waals surface area contributed by atoms with Crippen LogP contribution in [0, 0.1) is 0 Å². The molecule has 1 N–H and O–H groups in total. The molecule has 1 saturated carbocycles. The standard InChI is InChI=1S/C23H30N2O3S/c1-15(2)28-20-12-11-17(14-21(20)27-4)16(3)25-22(26)19-10-7-13-24-23(19)29-18-8-5-6-9-18/h7,10-16,18H,5-6,8-9H2,1-4H3,(H,25,26). The third-order valence-electron chi connectivity index (χ3n) is 4.99. The van der Waals surface area contributed by atoms with Crippen molar-refractivity contribution in [3.63, 3.8) is 0 Å². The molecule has 1 aromatic carbocycles. The molecule has 1 aliphatic carbocycles. The fourth-order valence-electron chi connectivity index (χ4n) is 3.48. The Morgan fingerprint density at radius 3 is 2.62 bits per heavy atom. The van der Waals surface area contributed by atoms with E-state index < -0.39 is 0 Å². The zero-order chi connectivity index (χ0) is 20.8. The molecule has 3 rings (SSSR count). The average Bonchev–Trinajstić information content (AvgIpc) is 3.21. The van der Waals surface area contributed by atoms with Gasteiger partial charge in [-0.15, -0.1) is 11.8 Å². The zero-order valence-electron chi connectivity index (χ0n) is 17.6. The largest absolute Gasteiger partial charge is 0.493 e. The number of rotatable bonds is 8. The van der Waals surface area contributed by atoms with Crippen LogP contribution >= 0.6 is 11.8 Å². The van der Waals surface area contributed by atoms with Crippen LogP contribution in [0.15, 0.2) is 41.6 Å². The Kier molecular flexibility index (Phi) is 7.42. The highest BCUT2D eigenvalue weighted by Gasteiger charge is 2.22. The van der Waals surface area contributed by atoms with Gasteiger partial charge in [0, 0.05) is 11.4 Å². The first-order valence-corrected chi connectivity index (χ1v) is 11.1. The van der Waals surface area contributed by atoms with Gasteiger partial charge in [-0.2, -0.15) is 0 Å². The molecular weight excluding hydrogens is 384 g/mol. The number of nitrogens with zero attached hydrogens (tertiary/aromatic N) is 1. The number of amides is 1. The summed E-state index contributed by atoms with van der Waals surface area (Å²) in [6.45, 7) is 5.92. The fraction of sp³-hybridized carbons (Fsp3) is 0.478. The molecule has 0 bridgehead atoms. The Labute approximate surface area is 177 Å². The van der Waals surface area contributed by atoms with Crippen LogP contribution in [0.4, 0.5) is 0 Å². The quantitative estimate of drug-likeness (QED) is 0.626. The molecule has 1 atom stereocenters. The summed E-state index contributed by atoms with van der Waals surface area (Å²) in [7, 11) is 1.62. The van der Waals surface area contributed by atoms with Gasteiger partial charge in [0.05, 0.1) is 24.8 Å². The minimum atomic E-state index is -0.172. The van der Waals surface area contributed by atoms with E-state index >= 15 is 0 Å². The highest BCUT2D eigenvalue weighted by molar-refractivity contribution is 7.99. The molecule has 5 nitrogen and oxygen atoms in total. The molecule has 1 aromatic heterocycles. The predicted octanol–water partition coefficient (Wildman–Crippen LogP) is 5.40. The van der Waals surface area contributed by atoms with E-state index in [1.54, 1.807) is 25.1 Å². The van der Waals surface area contributed by atoms with Gasteiger partial charge >= 0.3 is 0 Å².